The van der Waals surface area contributed by atoms with Crippen molar-refractivity contribution in [1.82, 2.24) is 15.5 Å². The Labute approximate surface area is 139 Å². The van der Waals surface area contributed by atoms with Gasteiger partial charge in [-0.25, -0.2) is 0 Å². The molecule has 23 heavy (non-hydrogen) atoms. The predicted molar refractivity (Wildman–Crippen MR) is 96.6 cm³/mol. The Morgan fingerprint density at radius 3 is 2.52 bits per heavy atom. The van der Waals surface area contributed by atoms with Crippen molar-refractivity contribution in [2.24, 2.45) is 4.99 Å². The molecule has 0 bridgehead atoms. The molecule has 0 spiro atoms. The van der Waals surface area contributed by atoms with Gasteiger partial charge in [-0.15, -0.1) is 0 Å². The topological polar surface area (TPSA) is 39.7 Å². The summed E-state index contributed by atoms with van der Waals surface area (Å²) in [4.78, 5) is 6.98. The first-order valence-corrected chi connectivity index (χ1v) is 8.78. The van der Waals surface area contributed by atoms with E-state index in [4.69, 9.17) is 0 Å². The van der Waals surface area contributed by atoms with Gasteiger partial charge in [0.25, 0.3) is 0 Å². The van der Waals surface area contributed by atoms with Crippen LogP contribution in [0.15, 0.2) is 47.5 Å². The van der Waals surface area contributed by atoms with Crippen LogP contribution in [-0.2, 0) is 0 Å². The molecule has 0 saturated carbocycles. The summed E-state index contributed by atoms with van der Waals surface area (Å²) in [7, 11) is 1.85. The summed E-state index contributed by atoms with van der Waals surface area (Å²) in [6.07, 6.45) is 9.28. The number of benzene rings is 1. The van der Waals surface area contributed by atoms with E-state index in [0.29, 0.717) is 12.1 Å². The normalized spacial score (nSPS) is 20.8. The Hall–Kier alpha value is -1.81. The lowest BCUT2D eigenvalue weighted by molar-refractivity contribution is 0.245. The molecule has 1 unspecified atom stereocenters. The van der Waals surface area contributed by atoms with Crippen LogP contribution in [0.5, 0.6) is 0 Å². The predicted octanol–water partition coefficient (Wildman–Crippen LogP) is 2.71. The van der Waals surface area contributed by atoms with Crippen LogP contribution in [0.2, 0.25) is 0 Å². The second-order valence-electron chi connectivity index (χ2n) is 6.41. The average molecular weight is 312 g/mol. The van der Waals surface area contributed by atoms with Gasteiger partial charge in [0.05, 0.1) is 6.04 Å². The minimum absolute atomic E-state index is 0.416. The van der Waals surface area contributed by atoms with E-state index in [0.717, 1.165) is 25.3 Å². The van der Waals surface area contributed by atoms with Crippen LogP contribution in [0.4, 0.5) is 0 Å². The van der Waals surface area contributed by atoms with Crippen molar-refractivity contribution in [3.05, 3.63) is 48.0 Å². The molecule has 2 aliphatic rings. The van der Waals surface area contributed by atoms with E-state index in [1.807, 2.05) is 7.05 Å². The highest BCUT2D eigenvalue weighted by molar-refractivity contribution is 5.80. The van der Waals surface area contributed by atoms with Gasteiger partial charge in [0.1, 0.15) is 0 Å². The van der Waals surface area contributed by atoms with Gasteiger partial charge in [0, 0.05) is 19.6 Å². The molecule has 1 aliphatic heterocycles. The number of likely N-dealkylation sites (tertiary alicyclic amines) is 1. The number of nitrogens with one attached hydrogen (secondary N) is 2. The lowest BCUT2D eigenvalue weighted by Crippen LogP contribution is -2.45. The maximum atomic E-state index is 4.39. The van der Waals surface area contributed by atoms with Crippen molar-refractivity contribution in [1.29, 1.82) is 0 Å². The fraction of sp³-hybridized carbons (Fsp3) is 0.526. The molecule has 1 fully saturated rings. The molecular formula is C19H28N4. The summed E-state index contributed by atoms with van der Waals surface area (Å²) in [6, 6.07) is 11.7. The molecular weight excluding hydrogens is 284 g/mol. The molecule has 1 aliphatic carbocycles. The van der Waals surface area contributed by atoms with Gasteiger partial charge in [-0.1, -0.05) is 42.5 Å². The standard InChI is InChI=1S/C19H28N4/c1-20-19(22-17-11-5-6-12-17)21-15-18(23-13-7-8-14-23)16-9-3-2-4-10-16/h2-6,9-10,17-18H,7-8,11-15H2,1H3,(H2,20,21,22). The van der Waals surface area contributed by atoms with Crippen molar-refractivity contribution in [3.8, 4) is 0 Å². The highest BCUT2D eigenvalue weighted by Gasteiger charge is 2.23. The monoisotopic (exact) mass is 312 g/mol. The first-order valence-electron chi connectivity index (χ1n) is 8.78. The van der Waals surface area contributed by atoms with Crippen LogP contribution in [0.25, 0.3) is 0 Å². The van der Waals surface area contributed by atoms with Gasteiger partial charge in [-0.2, -0.15) is 0 Å². The van der Waals surface area contributed by atoms with E-state index in [2.05, 4.69) is 63.0 Å². The molecule has 1 aromatic carbocycles. The van der Waals surface area contributed by atoms with E-state index in [9.17, 15) is 0 Å². The number of aliphatic imine (C=N–C) groups is 1. The van der Waals surface area contributed by atoms with Crippen LogP contribution < -0.4 is 10.6 Å². The van der Waals surface area contributed by atoms with E-state index in [-0.39, 0.29) is 0 Å². The minimum Gasteiger partial charge on any atom is -0.354 e. The average Bonchev–Trinajstić information content (AvgIpc) is 3.29. The summed E-state index contributed by atoms with van der Waals surface area (Å²) in [5, 5.41) is 7.06. The molecule has 4 heteroatoms. The first-order chi connectivity index (χ1) is 11.4. The van der Waals surface area contributed by atoms with Gasteiger partial charge >= 0.3 is 0 Å². The largest absolute Gasteiger partial charge is 0.354 e. The molecule has 3 rings (SSSR count). The van der Waals surface area contributed by atoms with Crippen LogP contribution >= 0.6 is 0 Å². The number of guanidine groups is 1. The van der Waals surface area contributed by atoms with Crippen LogP contribution in [-0.4, -0.2) is 43.6 Å². The van der Waals surface area contributed by atoms with E-state index in [1.165, 1.54) is 31.5 Å². The third-order valence-corrected chi connectivity index (χ3v) is 4.80. The molecule has 0 amide bonds. The van der Waals surface area contributed by atoms with Crippen LogP contribution in [0, 0.1) is 0 Å². The number of hydrogen-bond donors (Lipinski definition) is 2. The summed E-state index contributed by atoms with van der Waals surface area (Å²) < 4.78 is 0. The minimum atomic E-state index is 0.416. The Kier molecular flexibility index (Phi) is 5.70. The lowest BCUT2D eigenvalue weighted by atomic mass is 10.1. The Morgan fingerprint density at radius 2 is 1.87 bits per heavy atom. The van der Waals surface area contributed by atoms with Gasteiger partial charge in [-0.05, 0) is 44.3 Å². The summed E-state index contributed by atoms with van der Waals surface area (Å²) in [5.74, 6) is 0.916. The maximum Gasteiger partial charge on any atom is 0.191 e. The Morgan fingerprint density at radius 1 is 1.17 bits per heavy atom. The van der Waals surface area contributed by atoms with Gasteiger partial charge in [0.15, 0.2) is 5.96 Å². The molecule has 1 heterocycles. The third kappa shape index (κ3) is 4.35. The van der Waals surface area contributed by atoms with Gasteiger partial charge in [0.2, 0.25) is 0 Å². The van der Waals surface area contributed by atoms with Crippen molar-refractivity contribution >= 4 is 5.96 Å². The second-order valence-corrected chi connectivity index (χ2v) is 6.41. The van der Waals surface area contributed by atoms with Crippen LogP contribution in [0.1, 0.15) is 37.3 Å². The van der Waals surface area contributed by atoms with E-state index < -0.39 is 0 Å². The maximum absolute atomic E-state index is 4.39. The molecule has 1 saturated heterocycles. The molecule has 4 nitrogen and oxygen atoms in total. The quantitative estimate of drug-likeness (QED) is 0.499. The Balaban J connectivity index is 1.61. The molecule has 0 aromatic heterocycles. The van der Waals surface area contributed by atoms with Crippen molar-refractivity contribution in [2.45, 2.75) is 37.8 Å². The summed E-state index contributed by atoms with van der Waals surface area (Å²) >= 11 is 0. The fourth-order valence-corrected chi connectivity index (χ4v) is 3.50. The second kappa shape index (κ2) is 8.16. The first kappa shape index (κ1) is 16.1. The smallest absolute Gasteiger partial charge is 0.191 e. The van der Waals surface area contributed by atoms with Crippen LogP contribution in [0.3, 0.4) is 0 Å². The van der Waals surface area contributed by atoms with Crippen molar-refractivity contribution < 1.29 is 0 Å². The van der Waals surface area contributed by atoms with E-state index in [1.54, 1.807) is 0 Å². The fourth-order valence-electron chi connectivity index (χ4n) is 3.50. The molecule has 2 N–H and O–H groups in total. The van der Waals surface area contributed by atoms with Crippen molar-refractivity contribution in [2.75, 3.05) is 26.7 Å². The van der Waals surface area contributed by atoms with Gasteiger partial charge < -0.3 is 10.6 Å². The molecule has 0 radical (unpaired) electrons. The SMILES string of the molecule is CN=C(NCC(c1ccccc1)N1CCCC1)NC1CC=CC1. The third-order valence-electron chi connectivity index (χ3n) is 4.80. The zero-order valence-corrected chi connectivity index (χ0v) is 14.0. The number of rotatable bonds is 5. The summed E-state index contributed by atoms with van der Waals surface area (Å²) in [6.45, 7) is 3.28. The molecule has 124 valence electrons. The zero-order chi connectivity index (χ0) is 15.9. The Bertz CT molecular complexity index is 524. The lowest BCUT2D eigenvalue weighted by Gasteiger charge is -2.29. The molecule has 1 atom stereocenters. The number of nitrogens with zero attached hydrogens (tertiary/aromatic N) is 2. The highest BCUT2D eigenvalue weighted by Crippen LogP contribution is 2.24. The molecule has 1 aromatic rings. The zero-order valence-electron chi connectivity index (χ0n) is 14.0. The van der Waals surface area contributed by atoms with Crippen molar-refractivity contribution in [3.63, 3.8) is 0 Å². The summed E-state index contributed by atoms with van der Waals surface area (Å²) in [5.41, 5.74) is 1.39. The number of hydrogen-bond acceptors (Lipinski definition) is 2. The van der Waals surface area contributed by atoms with E-state index >= 15 is 0 Å². The van der Waals surface area contributed by atoms with Gasteiger partial charge in [-0.3, -0.25) is 9.89 Å². The highest BCUT2D eigenvalue weighted by atomic mass is 15.2.